The average Bonchev–Trinajstić information content (AvgIpc) is 3.18. The van der Waals surface area contributed by atoms with Crippen molar-refractivity contribution in [2.45, 2.75) is 41.1 Å². The van der Waals surface area contributed by atoms with E-state index in [1.807, 2.05) is 50.5 Å². The Bertz CT molecular complexity index is 2090. The second kappa shape index (κ2) is 20.5. The molecule has 0 radical (unpaired) electrons. The van der Waals surface area contributed by atoms with Gasteiger partial charge in [0.15, 0.2) is 0 Å². The molecule has 2 atom stereocenters. The summed E-state index contributed by atoms with van der Waals surface area (Å²) in [7, 11) is -3.38. The quantitative estimate of drug-likeness (QED) is 0.0944. The molecule has 2 unspecified atom stereocenters. The first-order chi connectivity index (χ1) is 27.7. The molecule has 58 heavy (non-hydrogen) atoms. The van der Waals surface area contributed by atoms with Crippen molar-refractivity contribution >= 4 is 66.5 Å². The van der Waals surface area contributed by atoms with Crippen LogP contribution in [0.25, 0.3) is 0 Å². The Morgan fingerprint density at radius 1 is 0.569 bits per heavy atom. The maximum atomic E-state index is 12.9. The second-order valence-electron chi connectivity index (χ2n) is 14.5. The molecule has 0 saturated heterocycles. The number of ether oxygens (including phenoxy) is 3. The number of halogens is 4. The second-order valence-corrected chi connectivity index (χ2v) is 19.8. The van der Waals surface area contributed by atoms with Gasteiger partial charge in [0, 0.05) is 84.4 Å². The van der Waals surface area contributed by atoms with Crippen LogP contribution >= 0.6 is 46.4 Å². The summed E-state index contributed by atoms with van der Waals surface area (Å²) in [4.78, 5) is 4.72. The van der Waals surface area contributed by atoms with Crippen molar-refractivity contribution in [2.75, 3.05) is 79.9 Å². The van der Waals surface area contributed by atoms with Gasteiger partial charge < -0.3 is 24.0 Å². The predicted molar refractivity (Wildman–Crippen MR) is 230 cm³/mol. The Kier molecular flexibility index (Phi) is 16.0. The predicted octanol–water partition coefficient (Wildman–Crippen LogP) is 7.15. The molecule has 2 aliphatic rings. The molecule has 2 heterocycles. The van der Waals surface area contributed by atoms with Crippen LogP contribution in [-0.2, 0) is 47.3 Å². The summed E-state index contributed by atoms with van der Waals surface area (Å²) in [5, 5.41) is 2.42. The summed E-state index contributed by atoms with van der Waals surface area (Å²) in [6, 6.07) is 21.2. The maximum absolute atomic E-state index is 12.9. The Labute approximate surface area is 361 Å². The highest BCUT2D eigenvalue weighted by molar-refractivity contribution is 7.89. The number of hydrogen-bond acceptors (Lipinski definition) is 9. The number of hydrogen-bond donors (Lipinski definition) is 2. The fourth-order valence-electron chi connectivity index (χ4n) is 7.37. The third-order valence-electron chi connectivity index (χ3n) is 10.2. The third kappa shape index (κ3) is 11.7. The van der Waals surface area contributed by atoms with E-state index in [0.29, 0.717) is 52.9 Å². The molecule has 6 rings (SSSR count). The molecule has 0 fully saturated rings. The normalized spacial score (nSPS) is 17.6. The first-order valence-corrected chi connectivity index (χ1v) is 23.4. The van der Waals surface area contributed by atoms with Gasteiger partial charge in [0.1, 0.15) is 0 Å². The first kappa shape index (κ1) is 45.2. The summed E-state index contributed by atoms with van der Waals surface area (Å²) < 4.78 is 73.5. The van der Waals surface area contributed by atoms with E-state index in [-0.39, 0.29) is 47.9 Å². The van der Waals surface area contributed by atoms with Crippen LogP contribution in [0.15, 0.2) is 82.6 Å². The first-order valence-electron chi connectivity index (χ1n) is 19.0. The fourth-order valence-corrected chi connectivity index (χ4v) is 10.5. The molecule has 314 valence electrons. The highest BCUT2D eigenvalue weighted by Gasteiger charge is 2.29. The summed E-state index contributed by atoms with van der Waals surface area (Å²) in [6.45, 7) is 5.10. The molecule has 2 N–H and O–H groups in total. The zero-order valence-electron chi connectivity index (χ0n) is 32.4. The van der Waals surface area contributed by atoms with Crippen molar-refractivity contribution in [3.05, 3.63) is 126 Å². The Hall–Kier alpha value is -2.34. The highest BCUT2D eigenvalue weighted by Crippen LogP contribution is 2.40. The van der Waals surface area contributed by atoms with Gasteiger partial charge >= 0.3 is 0 Å². The molecule has 0 aromatic heterocycles. The van der Waals surface area contributed by atoms with Gasteiger partial charge in [-0.05, 0) is 102 Å². The van der Waals surface area contributed by atoms with Gasteiger partial charge in [-0.2, -0.15) is 0 Å². The summed E-state index contributed by atoms with van der Waals surface area (Å²) >= 11 is 25.6. The van der Waals surface area contributed by atoms with Gasteiger partial charge in [-0.25, -0.2) is 26.3 Å². The number of fused-ring (bicyclic) bond motifs is 2. The van der Waals surface area contributed by atoms with E-state index in [4.69, 9.17) is 60.6 Å². The molecule has 17 heteroatoms. The summed E-state index contributed by atoms with van der Waals surface area (Å²) in [5.74, 6) is 0.0286. The highest BCUT2D eigenvalue weighted by atomic mass is 35.5. The van der Waals surface area contributed by atoms with Crippen LogP contribution in [0.1, 0.15) is 51.6 Å². The zero-order valence-corrected chi connectivity index (χ0v) is 37.0. The molecule has 4 aromatic rings. The van der Waals surface area contributed by atoms with Crippen molar-refractivity contribution in [1.82, 2.24) is 19.2 Å². The van der Waals surface area contributed by atoms with Gasteiger partial charge in [0.25, 0.3) is 0 Å². The number of nitrogens with zero attached hydrogens (tertiary/aromatic N) is 2. The number of likely N-dealkylation sites (N-methyl/N-ethyl adjacent to an activating group) is 2. The van der Waals surface area contributed by atoms with E-state index in [1.54, 1.807) is 36.4 Å². The van der Waals surface area contributed by atoms with Crippen molar-refractivity contribution in [3.8, 4) is 0 Å². The van der Waals surface area contributed by atoms with E-state index < -0.39 is 20.0 Å². The number of sulfonamides is 2. The molecular weight excluding hydrogens is 866 g/mol. The Morgan fingerprint density at radius 3 is 1.36 bits per heavy atom. The zero-order chi connectivity index (χ0) is 41.5. The largest absolute Gasteiger partial charge is 0.380 e. The minimum atomic E-state index is -3.72. The van der Waals surface area contributed by atoms with Gasteiger partial charge in [0.05, 0.1) is 36.2 Å². The smallest absolute Gasteiger partial charge is 0.240 e. The Balaban J connectivity index is 0.817. The van der Waals surface area contributed by atoms with Gasteiger partial charge in [-0.3, -0.25) is 0 Å². The van der Waals surface area contributed by atoms with Crippen LogP contribution in [0.3, 0.4) is 0 Å². The third-order valence-corrected chi connectivity index (χ3v) is 14.3. The lowest BCUT2D eigenvalue weighted by molar-refractivity contribution is 0.0378. The van der Waals surface area contributed by atoms with E-state index >= 15 is 0 Å². The van der Waals surface area contributed by atoms with E-state index in [1.165, 1.54) is 0 Å². The molecule has 0 amide bonds. The van der Waals surface area contributed by atoms with Crippen LogP contribution in [0.2, 0.25) is 20.1 Å². The molecular formula is C41H48Cl4N4O7S2. The number of rotatable bonds is 19. The number of benzene rings is 4. The standard InChI is InChI=1S/C41H48Cl4N4O7S2/c1-48-24-36(34-20-30(42)22-40(44)38(34)26-48)28-4-8-32(9-5-28)57(50,51)46-12-16-54-14-3-15-55-18-19-56-17-13-47-58(52,53)33-10-6-29(7-11-33)37-25-49(2)27-39-35(37)21-31(43)23-41(39)45/h4-11,20-23,36-37,46-47H,3,12-19,24-27H2,1-2H3. The maximum Gasteiger partial charge on any atom is 0.240 e. The lowest BCUT2D eigenvalue weighted by Crippen LogP contribution is -2.31. The molecule has 11 nitrogen and oxygen atoms in total. The van der Waals surface area contributed by atoms with Gasteiger partial charge in [-0.1, -0.05) is 70.7 Å². The molecule has 4 aromatic carbocycles. The summed E-state index contributed by atoms with van der Waals surface area (Å²) in [6.07, 6.45) is 0.619. The minimum Gasteiger partial charge on any atom is -0.380 e. The Morgan fingerprint density at radius 2 is 0.948 bits per heavy atom. The van der Waals surface area contributed by atoms with Gasteiger partial charge in [-0.15, -0.1) is 0 Å². The van der Waals surface area contributed by atoms with Crippen molar-refractivity contribution in [2.24, 2.45) is 0 Å². The molecule has 0 bridgehead atoms. The molecule has 0 saturated carbocycles. The van der Waals surface area contributed by atoms with Crippen LogP contribution in [0.5, 0.6) is 0 Å². The average molecular weight is 915 g/mol. The van der Waals surface area contributed by atoms with Crippen LogP contribution in [0.4, 0.5) is 0 Å². The number of nitrogens with one attached hydrogen (secondary N) is 2. The van der Waals surface area contributed by atoms with E-state index in [9.17, 15) is 16.8 Å². The minimum absolute atomic E-state index is 0.0135. The van der Waals surface area contributed by atoms with Crippen molar-refractivity contribution in [3.63, 3.8) is 0 Å². The molecule has 2 aliphatic heterocycles. The van der Waals surface area contributed by atoms with Crippen LogP contribution in [-0.4, -0.2) is 107 Å². The lowest BCUT2D eigenvalue weighted by atomic mass is 9.85. The van der Waals surface area contributed by atoms with Crippen molar-refractivity contribution < 1.29 is 31.0 Å². The fraction of sp³-hybridized carbons (Fsp3) is 0.415. The van der Waals surface area contributed by atoms with E-state index in [0.717, 1.165) is 59.6 Å². The lowest BCUT2D eigenvalue weighted by Gasteiger charge is -2.33. The van der Waals surface area contributed by atoms with Crippen molar-refractivity contribution in [1.29, 1.82) is 0 Å². The van der Waals surface area contributed by atoms with E-state index in [2.05, 4.69) is 19.2 Å². The molecule has 0 aliphatic carbocycles. The summed E-state index contributed by atoms with van der Waals surface area (Å²) in [5.41, 5.74) is 6.16. The van der Waals surface area contributed by atoms with Crippen LogP contribution < -0.4 is 9.44 Å². The topological polar surface area (TPSA) is 127 Å². The monoisotopic (exact) mass is 912 g/mol. The van der Waals surface area contributed by atoms with Gasteiger partial charge in [0.2, 0.25) is 20.0 Å². The molecule has 0 spiro atoms. The SMILES string of the molecule is CN1Cc2c(Cl)cc(Cl)cc2C(c2ccc(S(=O)(=O)NCCOCCCOCCOCCNS(=O)(=O)c3ccc(C4CN(C)Cc5c(Cl)cc(Cl)cc54)cc3)cc2)C1. The van der Waals surface area contributed by atoms with Crippen LogP contribution in [0, 0.1) is 0 Å².